The molecule has 0 saturated carbocycles. The van der Waals surface area contributed by atoms with Gasteiger partial charge in [0.2, 0.25) is 11.7 Å². The molecule has 0 aliphatic carbocycles. The fourth-order valence-corrected chi connectivity index (χ4v) is 2.47. The average Bonchev–Trinajstić information content (AvgIpc) is 3.17. The van der Waals surface area contributed by atoms with Crippen molar-refractivity contribution in [2.75, 3.05) is 13.1 Å². The van der Waals surface area contributed by atoms with E-state index < -0.39 is 0 Å². The Kier molecular flexibility index (Phi) is 3.00. The fraction of sp³-hybridized carbons (Fsp3) is 0.188. The van der Waals surface area contributed by atoms with Gasteiger partial charge in [0.15, 0.2) is 5.76 Å². The summed E-state index contributed by atoms with van der Waals surface area (Å²) in [5, 5.41) is 3.91. The summed E-state index contributed by atoms with van der Waals surface area (Å²) < 4.78 is 10.5. The fourth-order valence-electron chi connectivity index (χ4n) is 2.47. The second-order valence-corrected chi connectivity index (χ2v) is 5.21. The zero-order valence-electron chi connectivity index (χ0n) is 11.7. The number of hydrogen-bond acceptors (Lipinski definition) is 5. The largest absolute Gasteiger partial charge is 0.461 e. The number of hydrogen-bond donors (Lipinski definition) is 0. The normalized spacial score (nSPS) is 14.8. The zero-order valence-corrected chi connectivity index (χ0v) is 11.7. The van der Waals surface area contributed by atoms with Crippen LogP contribution in [-0.2, 0) is 0 Å². The highest BCUT2D eigenvalue weighted by atomic mass is 16.5. The van der Waals surface area contributed by atoms with Gasteiger partial charge < -0.3 is 13.8 Å². The Morgan fingerprint density at radius 2 is 1.95 bits per heavy atom. The van der Waals surface area contributed by atoms with Crippen molar-refractivity contribution in [2.24, 2.45) is 0 Å². The van der Waals surface area contributed by atoms with Crippen molar-refractivity contribution in [2.45, 2.75) is 5.92 Å². The number of furan rings is 1. The maximum absolute atomic E-state index is 12.2. The van der Waals surface area contributed by atoms with Crippen LogP contribution in [0.2, 0.25) is 0 Å². The van der Waals surface area contributed by atoms with E-state index in [9.17, 15) is 4.79 Å². The highest BCUT2D eigenvalue weighted by molar-refractivity contribution is 5.94. The number of rotatable bonds is 3. The number of carbonyl (C=O) groups is 1. The molecule has 1 fully saturated rings. The maximum Gasteiger partial charge on any atom is 0.253 e. The first-order valence-corrected chi connectivity index (χ1v) is 7.03. The summed E-state index contributed by atoms with van der Waals surface area (Å²) in [6.45, 7) is 1.18. The second kappa shape index (κ2) is 5.14. The zero-order chi connectivity index (χ0) is 14.9. The molecule has 0 bridgehead atoms. The Balaban J connectivity index is 1.42. The molecule has 3 heterocycles. The molecule has 110 valence electrons. The summed E-state index contributed by atoms with van der Waals surface area (Å²) >= 11 is 0. The maximum atomic E-state index is 12.2. The highest BCUT2D eigenvalue weighted by Gasteiger charge is 2.36. The van der Waals surface area contributed by atoms with E-state index in [0.717, 1.165) is 0 Å². The molecule has 1 aromatic carbocycles. The summed E-state index contributed by atoms with van der Waals surface area (Å²) in [6.07, 6.45) is 1.56. The van der Waals surface area contributed by atoms with E-state index in [-0.39, 0.29) is 11.8 Å². The number of amides is 1. The summed E-state index contributed by atoms with van der Waals surface area (Å²) in [7, 11) is 0. The van der Waals surface area contributed by atoms with Crippen LogP contribution < -0.4 is 0 Å². The number of likely N-dealkylation sites (tertiary alicyclic amines) is 1. The van der Waals surface area contributed by atoms with Crippen molar-refractivity contribution in [3.63, 3.8) is 0 Å². The van der Waals surface area contributed by atoms with Gasteiger partial charge in [-0.1, -0.05) is 23.4 Å². The van der Waals surface area contributed by atoms with Crippen molar-refractivity contribution in [1.82, 2.24) is 15.0 Å². The Hall–Kier alpha value is -2.89. The van der Waals surface area contributed by atoms with Gasteiger partial charge in [0.25, 0.3) is 5.91 Å². The summed E-state index contributed by atoms with van der Waals surface area (Å²) in [6, 6.07) is 12.8. The van der Waals surface area contributed by atoms with E-state index in [1.54, 1.807) is 23.3 Å². The van der Waals surface area contributed by atoms with Gasteiger partial charge in [-0.3, -0.25) is 4.79 Å². The second-order valence-electron chi connectivity index (χ2n) is 5.21. The molecule has 6 heteroatoms. The number of nitrogens with zero attached hydrogens (tertiary/aromatic N) is 3. The van der Waals surface area contributed by atoms with Crippen LogP contribution in [0.15, 0.2) is 57.7 Å². The summed E-state index contributed by atoms with van der Waals surface area (Å²) in [5.74, 6) is 1.68. The first kappa shape index (κ1) is 12.8. The SMILES string of the molecule is O=C(c1ccccc1)N1CC(c2nc(-c3ccco3)no2)C1. The summed E-state index contributed by atoms with van der Waals surface area (Å²) in [4.78, 5) is 18.3. The lowest BCUT2D eigenvalue weighted by Gasteiger charge is -2.37. The monoisotopic (exact) mass is 295 g/mol. The quantitative estimate of drug-likeness (QED) is 0.742. The van der Waals surface area contributed by atoms with Crippen LogP contribution in [-0.4, -0.2) is 34.0 Å². The molecule has 0 spiro atoms. The van der Waals surface area contributed by atoms with Gasteiger partial charge in [0, 0.05) is 18.7 Å². The minimum atomic E-state index is 0.0302. The minimum Gasteiger partial charge on any atom is -0.461 e. The first-order chi connectivity index (χ1) is 10.8. The molecule has 6 nitrogen and oxygen atoms in total. The minimum absolute atomic E-state index is 0.0302. The van der Waals surface area contributed by atoms with E-state index in [4.69, 9.17) is 8.94 Å². The van der Waals surface area contributed by atoms with Crippen molar-refractivity contribution in [1.29, 1.82) is 0 Å². The third kappa shape index (κ3) is 2.18. The molecule has 22 heavy (non-hydrogen) atoms. The lowest BCUT2D eigenvalue weighted by molar-refractivity contribution is 0.0569. The molecule has 1 saturated heterocycles. The molecule has 0 radical (unpaired) electrons. The van der Waals surface area contributed by atoms with Gasteiger partial charge in [0.05, 0.1) is 12.2 Å². The third-order valence-electron chi connectivity index (χ3n) is 3.72. The first-order valence-electron chi connectivity index (χ1n) is 7.03. The van der Waals surface area contributed by atoms with E-state index in [1.807, 2.05) is 30.3 Å². The number of carbonyl (C=O) groups excluding carboxylic acids is 1. The number of benzene rings is 1. The van der Waals surface area contributed by atoms with E-state index in [1.165, 1.54) is 0 Å². The molecular weight excluding hydrogens is 282 g/mol. The standard InChI is InChI=1S/C16H13N3O3/c20-16(11-5-2-1-3-6-11)19-9-12(10-19)15-17-14(18-22-15)13-7-4-8-21-13/h1-8,12H,9-10H2. The average molecular weight is 295 g/mol. The van der Waals surface area contributed by atoms with Crippen LogP contribution in [0.1, 0.15) is 22.2 Å². The van der Waals surface area contributed by atoms with Crippen LogP contribution in [0.25, 0.3) is 11.6 Å². The van der Waals surface area contributed by atoms with Crippen LogP contribution in [0, 0.1) is 0 Å². The Morgan fingerprint density at radius 1 is 1.14 bits per heavy atom. The summed E-state index contributed by atoms with van der Waals surface area (Å²) in [5.41, 5.74) is 0.697. The van der Waals surface area contributed by atoms with Crippen molar-refractivity contribution >= 4 is 5.91 Å². The van der Waals surface area contributed by atoms with Crippen LogP contribution in [0.4, 0.5) is 0 Å². The predicted octanol–water partition coefficient (Wildman–Crippen LogP) is 2.57. The lowest BCUT2D eigenvalue weighted by atomic mass is 9.99. The van der Waals surface area contributed by atoms with E-state index in [2.05, 4.69) is 10.1 Å². The topological polar surface area (TPSA) is 72.4 Å². The molecule has 1 aliphatic heterocycles. The molecular formula is C16H13N3O3. The predicted molar refractivity (Wildman–Crippen MR) is 77.1 cm³/mol. The van der Waals surface area contributed by atoms with Crippen LogP contribution >= 0.6 is 0 Å². The molecule has 3 aromatic rings. The van der Waals surface area contributed by atoms with Gasteiger partial charge in [-0.25, -0.2) is 0 Å². The molecule has 1 amide bonds. The smallest absolute Gasteiger partial charge is 0.253 e. The highest BCUT2D eigenvalue weighted by Crippen LogP contribution is 2.28. The third-order valence-corrected chi connectivity index (χ3v) is 3.72. The number of aromatic nitrogens is 2. The Morgan fingerprint density at radius 3 is 2.68 bits per heavy atom. The van der Waals surface area contributed by atoms with Crippen LogP contribution in [0.3, 0.4) is 0 Å². The van der Waals surface area contributed by atoms with E-state index in [0.29, 0.717) is 36.1 Å². The molecule has 0 atom stereocenters. The van der Waals surface area contributed by atoms with Gasteiger partial charge in [-0.15, -0.1) is 0 Å². The van der Waals surface area contributed by atoms with E-state index >= 15 is 0 Å². The molecule has 4 rings (SSSR count). The Bertz CT molecular complexity index is 774. The molecule has 2 aromatic heterocycles. The van der Waals surface area contributed by atoms with Crippen molar-refractivity contribution < 1.29 is 13.7 Å². The van der Waals surface area contributed by atoms with Gasteiger partial charge in [0.1, 0.15) is 0 Å². The molecule has 0 unspecified atom stereocenters. The van der Waals surface area contributed by atoms with Gasteiger partial charge in [-0.2, -0.15) is 4.98 Å². The van der Waals surface area contributed by atoms with Gasteiger partial charge >= 0.3 is 0 Å². The van der Waals surface area contributed by atoms with Crippen molar-refractivity contribution in [3.8, 4) is 11.6 Å². The van der Waals surface area contributed by atoms with Gasteiger partial charge in [-0.05, 0) is 24.3 Å². The van der Waals surface area contributed by atoms with Crippen molar-refractivity contribution in [3.05, 3.63) is 60.2 Å². The molecule has 1 aliphatic rings. The molecule has 0 N–H and O–H groups in total. The van der Waals surface area contributed by atoms with Crippen LogP contribution in [0.5, 0.6) is 0 Å². The lowest BCUT2D eigenvalue weighted by Crippen LogP contribution is -2.48. The Labute approximate surface area is 126 Å².